The molecule has 0 spiro atoms. The summed E-state index contributed by atoms with van der Waals surface area (Å²) >= 11 is 1.45. The summed E-state index contributed by atoms with van der Waals surface area (Å²) in [6.45, 7) is 1.99. The molecule has 13 heavy (non-hydrogen) atoms. The zero-order chi connectivity index (χ0) is 9.26. The Kier molecular flexibility index (Phi) is 2.14. The van der Waals surface area contributed by atoms with Gasteiger partial charge in [-0.3, -0.25) is 9.78 Å². The van der Waals surface area contributed by atoms with E-state index in [4.69, 9.17) is 0 Å². The number of thioether (sulfide) groups is 1. The third-order valence-corrected chi connectivity index (χ3v) is 2.66. The first-order valence-corrected chi connectivity index (χ1v) is 4.91. The Bertz CT molecular complexity index is 387. The van der Waals surface area contributed by atoms with E-state index in [0.717, 1.165) is 16.3 Å². The van der Waals surface area contributed by atoms with Gasteiger partial charge in [-0.2, -0.15) is 0 Å². The van der Waals surface area contributed by atoms with Gasteiger partial charge in [-0.25, -0.2) is 4.99 Å². The fourth-order valence-electron chi connectivity index (χ4n) is 1.09. The van der Waals surface area contributed by atoms with E-state index in [2.05, 4.69) is 9.98 Å². The van der Waals surface area contributed by atoms with Gasteiger partial charge >= 0.3 is 0 Å². The van der Waals surface area contributed by atoms with Crippen LogP contribution < -0.4 is 0 Å². The standard InChI is InChI=1S/C9H8N2OS/c1-6-2-3-10-7(4-6)9-11-8(12)5-13-9/h2-4H,5H2,1H3. The molecule has 2 heterocycles. The van der Waals surface area contributed by atoms with Gasteiger partial charge in [-0.05, 0) is 24.6 Å². The van der Waals surface area contributed by atoms with Crippen molar-refractivity contribution in [2.45, 2.75) is 6.92 Å². The van der Waals surface area contributed by atoms with Crippen LogP contribution in [-0.2, 0) is 4.79 Å². The van der Waals surface area contributed by atoms with E-state index in [-0.39, 0.29) is 5.91 Å². The Morgan fingerprint density at radius 1 is 1.54 bits per heavy atom. The van der Waals surface area contributed by atoms with Gasteiger partial charge < -0.3 is 0 Å². The largest absolute Gasteiger partial charge is 0.272 e. The van der Waals surface area contributed by atoms with Crippen LogP contribution in [0.15, 0.2) is 23.3 Å². The number of carbonyl (C=O) groups is 1. The van der Waals surface area contributed by atoms with Gasteiger partial charge in [0.15, 0.2) is 0 Å². The number of hydrogen-bond acceptors (Lipinski definition) is 3. The summed E-state index contributed by atoms with van der Waals surface area (Å²) < 4.78 is 0. The molecule has 0 N–H and O–H groups in total. The van der Waals surface area contributed by atoms with Gasteiger partial charge in [-0.1, -0.05) is 11.8 Å². The van der Waals surface area contributed by atoms with E-state index in [1.54, 1.807) is 6.20 Å². The molecule has 1 aromatic heterocycles. The third-order valence-electron chi connectivity index (χ3n) is 1.69. The quantitative estimate of drug-likeness (QED) is 0.675. The molecule has 0 saturated heterocycles. The monoisotopic (exact) mass is 192 g/mol. The van der Waals surface area contributed by atoms with Crippen molar-refractivity contribution in [1.29, 1.82) is 0 Å². The molecule has 1 amide bonds. The van der Waals surface area contributed by atoms with Crippen molar-refractivity contribution in [2.75, 3.05) is 5.75 Å². The van der Waals surface area contributed by atoms with E-state index in [0.29, 0.717) is 5.75 Å². The molecule has 66 valence electrons. The number of aryl methyl sites for hydroxylation is 1. The van der Waals surface area contributed by atoms with Gasteiger partial charge in [0.25, 0.3) is 5.91 Å². The minimum Gasteiger partial charge on any atom is -0.272 e. The Morgan fingerprint density at radius 3 is 3.00 bits per heavy atom. The minimum atomic E-state index is -0.0664. The van der Waals surface area contributed by atoms with Crippen LogP contribution in [0.25, 0.3) is 0 Å². The van der Waals surface area contributed by atoms with Crippen molar-refractivity contribution < 1.29 is 4.79 Å². The van der Waals surface area contributed by atoms with Crippen molar-refractivity contribution in [1.82, 2.24) is 4.98 Å². The van der Waals surface area contributed by atoms with Crippen LogP contribution in [0, 0.1) is 6.92 Å². The SMILES string of the molecule is Cc1ccnc(C2=NC(=O)CS2)c1. The lowest BCUT2D eigenvalue weighted by Crippen LogP contribution is -1.95. The van der Waals surface area contributed by atoms with Gasteiger partial charge in [0.05, 0.1) is 11.4 Å². The van der Waals surface area contributed by atoms with Gasteiger partial charge in [0.2, 0.25) is 0 Å². The molecule has 1 aliphatic rings. The molecule has 0 radical (unpaired) electrons. The molecule has 0 unspecified atom stereocenters. The molecular weight excluding hydrogens is 184 g/mol. The smallest absolute Gasteiger partial charge is 0.257 e. The highest BCUT2D eigenvalue weighted by atomic mass is 32.2. The fourth-order valence-corrected chi connectivity index (χ4v) is 1.84. The van der Waals surface area contributed by atoms with Gasteiger partial charge in [0.1, 0.15) is 5.04 Å². The van der Waals surface area contributed by atoms with Crippen molar-refractivity contribution in [3.05, 3.63) is 29.6 Å². The Labute approximate surface area is 80.3 Å². The molecule has 0 aliphatic carbocycles. The summed E-state index contributed by atoms with van der Waals surface area (Å²) in [5.41, 5.74) is 1.93. The summed E-state index contributed by atoms with van der Waals surface area (Å²) in [5, 5.41) is 0.744. The highest BCUT2D eigenvalue weighted by Crippen LogP contribution is 2.18. The van der Waals surface area contributed by atoms with Crippen molar-refractivity contribution in [3.8, 4) is 0 Å². The normalized spacial score (nSPS) is 16.1. The van der Waals surface area contributed by atoms with E-state index >= 15 is 0 Å². The summed E-state index contributed by atoms with van der Waals surface area (Å²) in [5.74, 6) is 0.383. The second-order valence-electron chi connectivity index (χ2n) is 2.82. The first-order valence-electron chi connectivity index (χ1n) is 3.93. The average molecular weight is 192 g/mol. The molecule has 0 bridgehead atoms. The zero-order valence-corrected chi connectivity index (χ0v) is 7.97. The minimum absolute atomic E-state index is 0.0664. The predicted molar refractivity (Wildman–Crippen MR) is 53.0 cm³/mol. The molecule has 2 rings (SSSR count). The first-order chi connectivity index (χ1) is 6.25. The summed E-state index contributed by atoms with van der Waals surface area (Å²) in [6, 6.07) is 3.86. The van der Waals surface area contributed by atoms with E-state index < -0.39 is 0 Å². The van der Waals surface area contributed by atoms with Crippen molar-refractivity contribution >= 4 is 22.7 Å². The van der Waals surface area contributed by atoms with E-state index in [1.807, 2.05) is 19.1 Å². The molecule has 1 aromatic rings. The first kappa shape index (κ1) is 8.44. The number of pyridine rings is 1. The van der Waals surface area contributed by atoms with Crippen LogP contribution in [0.5, 0.6) is 0 Å². The van der Waals surface area contributed by atoms with Crippen LogP contribution in [-0.4, -0.2) is 21.7 Å². The molecule has 0 fully saturated rings. The molecule has 0 atom stereocenters. The van der Waals surface area contributed by atoms with Crippen LogP contribution >= 0.6 is 11.8 Å². The van der Waals surface area contributed by atoms with E-state index in [9.17, 15) is 4.79 Å². The number of hydrogen-bond donors (Lipinski definition) is 0. The number of nitrogens with zero attached hydrogens (tertiary/aromatic N) is 2. The molecular formula is C9H8N2OS. The Balaban J connectivity index is 2.36. The summed E-state index contributed by atoms with van der Waals surface area (Å²) in [4.78, 5) is 18.9. The highest BCUT2D eigenvalue weighted by molar-refractivity contribution is 8.15. The fraction of sp³-hybridized carbons (Fsp3) is 0.222. The maximum atomic E-state index is 10.9. The average Bonchev–Trinajstić information content (AvgIpc) is 2.52. The van der Waals surface area contributed by atoms with Crippen molar-refractivity contribution in [3.63, 3.8) is 0 Å². The molecule has 0 aromatic carbocycles. The van der Waals surface area contributed by atoms with Crippen LogP contribution in [0.2, 0.25) is 0 Å². The molecule has 4 heteroatoms. The number of rotatable bonds is 1. The van der Waals surface area contributed by atoms with Gasteiger partial charge in [0, 0.05) is 6.20 Å². The zero-order valence-electron chi connectivity index (χ0n) is 7.15. The lowest BCUT2D eigenvalue weighted by molar-refractivity contribution is -0.115. The molecule has 0 saturated carbocycles. The van der Waals surface area contributed by atoms with Crippen LogP contribution in [0.4, 0.5) is 0 Å². The number of aliphatic imine (C=N–C) groups is 1. The summed E-state index contributed by atoms with van der Waals surface area (Å²) in [6.07, 6.45) is 1.73. The van der Waals surface area contributed by atoms with Crippen molar-refractivity contribution in [2.24, 2.45) is 4.99 Å². The number of amides is 1. The number of carbonyl (C=O) groups excluding carboxylic acids is 1. The topological polar surface area (TPSA) is 42.3 Å². The third kappa shape index (κ3) is 1.78. The summed E-state index contributed by atoms with van der Waals surface area (Å²) in [7, 11) is 0. The number of aromatic nitrogens is 1. The maximum Gasteiger partial charge on any atom is 0.257 e. The second kappa shape index (κ2) is 3.30. The highest BCUT2D eigenvalue weighted by Gasteiger charge is 2.16. The Hall–Kier alpha value is -1.16. The molecule has 3 nitrogen and oxygen atoms in total. The van der Waals surface area contributed by atoms with E-state index in [1.165, 1.54) is 11.8 Å². The molecule has 1 aliphatic heterocycles. The lowest BCUT2D eigenvalue weighted by atomic mass is 10.2. The van der Waals surface area contributed by atoms with Gasteiger partial charge in [-0.15, -0.1) is 0 Å². The lowest BCUT2D eigenvalue weighted by Gasteiger charge is -1.98. The van der Waals surface area contributed by atoms with Crippen LogP contribution in [0.1, 0.15) is 11.3 Å². The van der Waals surface area contributed by atoms with Crippen LogP contribution in [0.3, 0.4) is 0 Å². The predicted octanol–water partition coefficient (Wildman–Crippen LogP) is 1.41. The second-order valence-corrected chi connectivity index (χ2v) is 3.78. The Morgan fingerprint density at radius 2 is 2.38 bits per heavy atom. The maximum absolute atomic E-state index is 10.9.